The predicted molar refractivity (Wildman–Crippen MR) is 129 cm³/mol. The molecule has 2 aromatic rings. The number of benzene rings is 1. The summed E-state index contributed by atoms with van der Waals surface area (Å²) in [5, 5.41) is 9.07. The van der Waals surface area contributed by atoms with Gasteiger partial charge in [0.25, 0.3) is 0 Å². The lowest BCUT2D eigenvalue weighted by molar-refractivity contribution is -0.129. The van der Waals surface area contributed by atoms with Crippen LogP contribution in [0.5, 0.6) is 5.75 Å². The molecule has 3 heterocycles. The number of rotatable bonds is 9. The monoisotopic (exact) mass is 489 g/mol. The van der Waals surface area contributed by atoms with Crippen LogP contribution >= 0.6 is 0 Å². The van der Waals surface area contributed by atoms with E-state index in [2.05, 4.69) is 19.7 Å². The van der Waals surface area contributed by atoms with Crippen molar-refractivity contribution in [2.45, 2.75) is 51.8 Å². The third kappa shape index (κ3) is 6.10. The third-order valence-corrected chi connectivity index (χ3v) is 7.28. The molecule has 0 spiro atoms. The third-order valence-electron chi connectivity index (χ3n) is 7.28. The van der Waals surface area contributed by atoms with Gasteiger partial charge in [-0.25, -0.2) is 4.39 Å². The van der Waals surface area contributed by atoms with Gasteiger partial charge >= 0.3 is 0 Å². The standard InChI is InChI=1S/C25H36FN5O4/c1-19(32)29(2)21-8-12-30(13-9-21)24-28-27-23(16-35-22-6-4-20(26)5-7-22)31(24)17-25(18-33-3)10-14-34-15-11-25/h4-7,21H,8-18H2,1-3H3. The molecule has 0 saturated carbocycles. The van der Waals surface area contributed by atoms with Crippen LogP contribution < -0.4 is 9.64 Å². The Balaban J connectivity index is 1.56. The fourth-order valence-electron chi connectivity index (χ4n) is 5.01. The SMILES string of the molecule is COCC1(Cn2c(COc3ccc(F)cc3)nnc2N2CCC(N(C)C(C)=O)CC2)CCOCC1. The van der Waals surface area contributed by atoms with Crippen LogP contribution in [0.1, 0.15) is 38.4 Å². The minimum atomic E-state index is -0.303. The van der Waals surface area contributed by atoms with Crippen molar-refractivity contribution in [3.63, 3.8) is 0 Å². The van der Waals surface area contributed by atoms with Crippen LogP contribution in [0.3, 0.4) is 0 Å². The first kappa shape index (κ1) is 25.4. The van der Waals surface area contributed by atoms with Gasteiger partial charge in [-0.15, -0.1) is 10.2 Å². The van der Waals surface area contributed by atoms with E-state index in [1.165, 1.54) is 12.1 Å². The number of hydrogen-bond donors (Lipinski definition) is 0. The van der Waals surface area contributed by atoms with Gasteiger partial charge in [0.15, 0.2) is 5.82 Å². The van der Waals surface area contributed by atoms with E-state index < -0.39 is 0 Å². The molecule has 0 atom stereocenters. The Bertz CT molecular complexity index is 963. The molecule has 0 aliphatic carbocycles. The van der Waals surface area contributed by atoms with Crippen molar-refractivity contribution in [3.05, 3.63) is 35.9 Å². The van der Waals surface area contributed by atoms with Gasteiger partial charge in [-0.1, -0.05) is 0 Å². The van der Waals surface area contributed by atoms with E-state index in [4.69, 9.17) is 14.2 Å². The minimum absolute atomic E-state index is 0.0814. The summed E-state index contributed by atoms with van der Waals surface area (Å²) in [6.07, 6.45) is 3.53. The number of hydrogen-bond acceptors (Lipinski definition) is 7. The molecule has 1 aromatic heterocycles. The maximum atomic E-state index is 13.3. The van der Waals surface area contributed by atoms with E-state index in [0.29, 0.717) is 37.9 Å². The van der Waals surface area contributed by atoms with Gasteiger partial charge in [0.1, 0.15) is 18.2 Å². The lowest BCUT2D eigenvalue weighted by atomic mass is 9.80. The van der Waals surface area contributed by atoms with Crippen LogP contribution in [0.2, 0.25) is 0 Å². The predicted octanol–water partition coefficient (Wildman–Crippen LogP) is 2.89. The van der Waals surface area contributed by atoms with E-state index in [-0.39, 0.29) is 29.8 Å². The topological polar surface area (TPSA) is 82.0 Å². The summed E-state index contributed by atoms with van der Waals surface area (Å²) in [4.78, 5) is 15.9. The molecule has 192 valence electrons. The highest BCUT2D eigenvalue weighted by Crippen LogP contribution is 2.35. The maximum absolute atomic E-state index is 13.3. The highest BCUT2D eigenvalue weighted by atomic mass is 19.1. The molecule has 0 radical (unpaired) electrons. The zero-order chi connectivity index (χ0) is 24.8. The van der Waals surface area contributed by atoms with Crippen molar-refractivity contribution < 1.29 is 23.4 Å². The molecule has 4 rings (SSSR count). The molecule has 0 bridgehead atoms. The average molecular weight is 490 g/mol. The fraction of sp³-hybridized carbons (Fsp3) is 0.640. The Morgan fingerprint density at radius 2 is 1.89 bits per heavy atom. The summed E-state index contributed by atoms with van der Waals surface area (Å²) < 4.78 is 32.7. The number of anilines is 1. The summed E-state index contributed by atoms with van der Waals surface area (Å²) in [5.74, 6) is 1.90. The highest BCUT2D eigenvalue weighted by molar-refractivity contribution is 5.73. The number of piperidine rings is 1. The Kier molecular flexibility index (Phi) is 8.22. The van der Waals surface area contributed by atoms with Crippen LogP contribution in [0.25, 0.3) is 0 Å². The minimum Gasteiger partial charge on any atom is -0.486 e. The zero-order valence-electron chi connectivity index (χ0n) is 20.9. The fourth-order valence-corrected chi connectivity index (χ4v) is 5.01. The smallest absolute Gasteiger partial charge is 0.227 e. The Labute approximate surface area is 206 Å². The molecular weight excluding hydrogens is 453 g/mol. The molecule has 1 amide bonds. The molecule has 0 N–H and O–H groups in total. The molecular formula is C25H36FN5O4. The second-order valence-corrected chi connectivity index (χ2v) is 9.64. The first-order valence-electron chi connectivity index (χ1n) is 12.3. The number of carbonyl (C=O) groups excluding carboxylic acids is 1. The maximum Gasteiger partial charge on any atom is 0.227 e. The largest absolute Gasteiger partial charge is 0.486 e. The molecule has 2 aliphatic heterocycles. The number of ether oxygens (including phenoxy) is 3. The Hall–Kier alpha value is -2.72. The second-order valence-electron chi connectivity index (χ2n) is 9.64. The number of amides is 1. The van der Waals surface area contributed by atoms with Crippen molar-refractivity contribution in [2.24, 2.45) is 5.41 Å². The van der Waals surface area contributed by atoms with Crippen molar-refractivity contribution in [1.29, 1.82) is 0 Å². The molecule has 2 saturated heterocycles. The van der Waals surface area contributed by atoms with Crippen molar-refractivity contribution >= 4 is 11.9 Å². The summed E-state index contributed by atoms with van der Waals surface area (Å²) in [7, 11) is 3.61. The van der Waals surface area contributed by atoms with Crippen LogP contribution in [0, 0.1) is 11.2 Å². The van der Waals surface area contributed by atoms with Gasteiger partial charge in [-0.3, -0.25) is 9.36 Å². The van der Waals surface area contributed by atoms with Gasteiger partial charge in [0, 0.05) is 65.4 Å². The molecule has 9 nitrogen and oxygen atoms in total. The van der Waals surface area contributed by atoms with Gasteiger partial charge in [-0.05, 0) is 49.9 Å². The second kappa shape index (κ2) is 11.3. The molecule has 1 aromatic carbocycles. The first-order valence-corrected chi connectivity index (χ1v) is 12.3. The van der Waals surface area contributed by atoms with Crippen molar-refractivity contribution in [3.8, 4) is 5.75 Å². The van der Waals surface area contributed by atoms with E-state index in [1.54, 1.807) is 26.2 Å². The number of methoxy groups -OCH3 is 1. The summed E-state index contributed by atoms with van der Waals surface area (Å²) >= 11 is 0. The molecule has 10 heteroatoms. The lowest BCUT2D eigenvalue weighted by Gasteiger charge is -2.39. The van der Waals surface area contributed by atoms with Crippen LogP contribution in [0.4, 0.5) is 10.3 Å². The molecule has 0 unspecified atom stereocenters. The first-order chi connectivity index (χ1) is 16.9. The van der Waals surface area contributed by atoms with Crippen LogP contribution in [-0.4, -0.2) is 78.7 Å². The van der Waals surface area contributed by atoms with Crippen molar-refractivity contribution in [2.75, 3.05) is 52.0 Å². The van der Waals surface area contributed by atoms with Crippen molar-refractivity contribution in [1.82, 2.24) is 19.7 Å². The van der Waals surface area contributed by atoms with Crippen LogP contribution in [-0.2, 0) is 27.4 Å². The zero-order valence-corrected chi connectivity index (χ0v) is 20.9. The number of halogens is 1. The Morgan fingerprint density at radius 1 is 1.20 bits per heavy atom. The molecule has 2 aliphatic rings. The van der Waals surface area contributed by atoms with E-state index in [0.717, 1.165) is 44.7 Å². The van der Waals surface area contributed by atoms with Crippen LogP contribution in [0.15, 0.2) is 24.3 Å². The van der Waals surface area contributed by atoms with Gasteiger partial charge in [-0.2, -0.15) is 0 Å². The quantitative estimate of drug-likeness (QED) is 0.536. The number of nitrogens with zero attached hydrogens (tertiary/aromatic N) is 5. The summed E-state index contributed by atoms with van der Waals surface area (Å²) in [5.41, 5.74) is -0.0814. The van der Waals surface area contributed by atoms with Gasteiger partial charge < -0.3 is 24.0 Å². The molecule has 2 fully saturated rings. The highest BCUT2D eigenvalue weighted by Gasteiger charge is 2.36. The van der Waals surface area contributed by atoms with Gasteiger partial charge in [0.05, 0.1) is 6.61 Å². The Morgan fingerprint density at radius 3 is 2.51 bits per heavy atom. The normalized spacial score (nSPS) is 18.5. The lowest BCUT2D eigenvalue weighted by Crippen LogP contribution is -2.46. The van der Waals surface area contributed by atoms with E-state index in [1.807, 2.05) is 11.9 Å². The van der Waals surface area contributed by atoms with Gasteiger partial charge in [0.2, 0.25) is 11.9 Å². The summed E-state index contributed by atoms with van der Waals surface area (Å²) in [6.45, 7) is 6.14. The van der Waals surface area contributed by atoms with E-state index in [9.17, 15) is 9.18 Å². The number of carbonyl (C=O) groups is 1. The average Bonchev–Trinajstić information content (AvgIpc) is 3.25. The molecule has 35 heavy (non-hydrogen) atoms. The van der Waals surface area contributed by atoms with E-state index >= 15 is 0 Å². The number of aromatic nitrogens is 3. The summed E-state index contributed by atoms with van der Waals surface area (Å²) in [6, 6.07) is 6.21.